The van der Waals surface area contributed by atoms with Crippen LogP contribution in [0.4, 0.5) is 0 Å². The number of hydrogen-bond acceptors (Lipinski definition) is 3. The second-order valence-corrected chi connectivity index (χ2v) is 6.50. The summed E-state index contributed by atoms with van der Waals surface area (Å²) < 4.78 is 9.14. The largest absolute Gasteiger partial charge is 0.497 e. The van der Waals surface area contributed by atoms with Crippen LogP contribution in [0.1, 0.15) is 34.4 Å². The zero-order valence-corrected chi connectivity index (χ0v) is 16.1. The highest BCUT2D eigenvalue weighted by Gasteiger charge is 2.14. The lowest BCUT2D eigenvalue weighted by molar-refractivity contribution is 0.0944. The van der Waals surface area contributed by atoms with Crippen molar-refractivity contribution in [3.63, 3.8) is 0 Å². The molecule has 138 valence electrons. The van der Waals surface area contributed by atoms with Crippen molar-refractivity contribution in [3.05, 3.63) is 46.9 Å². The monoisotopic (exact) mass is 354 g/mol. The molecule has 6 nitrogen and oxygen atoms in total. The summed E-state index contributed by atoms with van der Waals surface area (Å²) in [6.07, 6.45) is 0.976. The molecule has 0 aliphatic carbocycles. The lowest BCUT2D eigenvalue weighted by Gasteiger charge is -2.08. The summed E-state index contributed by atoms with van der Waals surface area (Å²) in [6.45, 7) is 7.45. The Hall–Kier alpha value is -2.76. The molecule has 0 fully saturated rings. The highest BCUT2D eigenvalue weighted by molar-refractivity contribution is 5.99. The molecule has 26 heavy (non-hydrogen) atoms. The number of aromatic nitrogens is 3. The minimum atomic E-state index is -0.0834. The second kappa shape index (κ2) is 7.23. The van der Waals surface area contributed by atoms with Gasteiger partial charge in [-0.05, 0) is 50.1 Å². The summed E-state index contributed by atoms with van der Waals surface area (Å²) in [5.41, 5.74) is 5.17. The first-order chi connectivity index (χ1) is 12.5. The highest BCUT2D eigenvalue weighted by Crippen LogP contribution is 2.23. The van der Waals surface area contributed by atoms with Crippen LogP contribution >= 0.6 is 0 Å². The van der Waals surface area contributed by atoms with Crippen LogP contribution in [0.15, 0.2) is 24.3 Å². The Balaban J connectivity index is 1.71. The van der Waals surface area contributed by atoms with Crippen LogP contribution in [-0.2, 0) is 20.0 Å². The molecule has 0 aliphatic heterocycles. The average molecular weight is 354 g/mol. The van der Waals surface area contributed by atoms with E-state index in [1.54, 1.807) is 7.11 Å². The van der Waals surface area contributed by atoms with Crippen molar-refractivity contribution in [2.45, 2.75) is 33.7 Å². The van der Waals surface area contributed by atoms with Gasteiger partial charge >= 0.3 is 0 Å². The summed E-state index contributed by atoms with van der Waals surface area (Å²) in [7, 11) is 3.54. The van der Waals surface area contributed by atoms with Crippen LogP contribution in [0, 0.1) is 13.8 Å². The SMILES string of the molecule is CCc1c(C)nn(CCNC(=O)c2cc3cc(OC)ccc3n2C)c1C. The fourth-order valence-corrected chi connectivity index (χ4v) is 3.50. The lowest BCUT2D eigenvalue weighted by atomic mass is 10.1. The Morgan fingerprint density at radius 2 is 2.04 bits per heavy atom. The molecule has 0 saturated heterocycles. The van der Waals surface area contributed by atoms with E-state index in [0.29, 0.717) is 18.8 Å². The number of nitrogens with zero attached hydrogens (tertiary/aromatic N) is 3. The van der Waals surface area contributed by atoms with Gasteiger partial charge in [-0.25, -0.2) is 0 Å². The van der Waals surface area contributed by atoms with Gasteiger partial charge in [0.1, 0.15) is 11.4 Å². The molecule has 1 N–H and O–H groups in total. The normalized spacial score (nSPS) is 11.1. The van der Waals surface area contributed by atoms with Gasteiger partial charge in [-0.2, -0.15) is 5.10 Å². The fraction of sp³-hybridized carbons (Fsp3) is 0.400. The molecule has 0 atom stereocenters. The first-order valence-corrected chi connectivity index (χ1v) is 8.90. The Kier molecular flexibility index (Phi) is 5.02. The molecule has 0 saturated carbocycles. The number of carbonyl (C=O) groups excluding carboxylic acids is 1. The van der Waals surface area contributed by atoms with Gasteiger partial charge in [0, 0.05) is 30.2 Å². The van der Waals surface area contributed by atoms with E-state index >= 15 is 0 Å². The highest BCUT2D eigenvalue weighted by atomic mass is 16.5. The van der Waals surface area contributed by atoms with Gasteiger partial charge in [0.2, 0.25) is 0 Å². The molecule has 2 heterocycles. The van der Waals surface area contributed by atoms with E-state index in [1.165, 1.54) is 11.3 Å². The van der Waals surface area contributed by atoms with Gasteiger partial charge in [0.05, 0.1) is 19.3 Å². The fourth-order valence-electron chi connectivity index (χ4n) is 3.50. The predicted octanol–water partition coefficient (Wildman–Crippen LogP) is 2.99. The number of fused-ring (bicyclic) bond motifs is 1. The van der Waals surface area contributed by atoms with Gasteiger partial charge in [-0.15, -0.1) is 0 Å². The molecular formula is C20H26N4O2. The molecule has 3 aromatic rings. The number of nitrogens with one attached hydrogen (secondary N) is 1. The molecule has 0 unspecified atom stereocenters. The molecule has 2 aromatic heterocycles. The van der Waals surface area contributed by atoms with Gasteiger partial charge in [-0.3, -0.25) is 9.48 Å². The summed E-state index contributed by atoms with van der Waals surface area (Å²) in [4.78, 5) is 12.6. The van der Waals surface area contributed by atoms with E-state index in [9.17, 15) is 4.79 Å². The van der Waals surface area contributed by atoms with Crippen molar-refractivity contribution >= 4 is 16.8 Å². The molecule has 0 spiro atoms. The minimum Gasteiger partial charge on any atom is -0.497 e. The molecule has 6 heteroatoms. The Morgan fingerprint density at radius 3 is 2.69 bits per heavy atom. The number of carbonyl (C=O) groups is 1. The van der Waals surface area contributed by atoms with Crippen molar-refractivity contribution in [2.24, 2.45) is 7.05 Å². The van der Waals surface area contributed by atoms with E-state index in [1.807, 2.05) is 47.5 Å². The molecule has 1 amide bonds. The number of aryl methyl sites for hydroxylation is 2. The number of methoxy groups -OCH3 is 1. The van der Waals surface area contributed by atoms with Gasteiger partial charge in [0.25, 0.3) is 5.91 Å². The summed E-state index contributed by atoms with van der Waals surface area (Å²) in [5, 5.41) is 8.56. The van der Waals surface area contributed by atoms with Gasteiger partial charge in [0.15, 0.2) is 0 Å². The van der Waals surface area contributed by atoms with E-state index in [2.05, 4.69) is 24.3 Å². The van der Waals surface area contributed by atoms with E-state index in [4.69, 9.17) is 4.74 Å². The van der Waals surface area contributed by atoms with Gasteiger partial charge in [-0.1, -0.05) is 6.92 Å². The number of ether oxygens (including phenoxy) is 1. The Bertz CT molecular complexity index is 953. The Labute approximate surface area is 153 Å². The van der Waals surface area contributed by atoms with Crippen LogP contribution in [0.25, 0.3) is 10.9 Å². The molecular weight excluding hydrogens is 328 g/mol. The van der Waals surface area contributed by atoms with Crippen molar-refractivity contribution in [2.75, 3.05) is 13.7 Å². The van der Waals surface area contributed by atoms with Crippen molar-refractivity contribution < 1.29 is 9.53 Å². The summed E-state index contributed by atoms with van der Waals surface area (Å²) >= 11 is 0. The number of benzene rings is 1. The molecule has 1 aromatic carbocycles. The second-order valence-electron chi connectivity index (χ2n) is 6.50. The maximum atomic E-state index is 12.6. The first kappa shape index (κ1) is 18.0. The van der Waals surface area contributed by atoms with Crippen LogP contribution in [0.2, 0.25) is 0 Å². The predicted molar refractivity (Wildman–Crippen MR) is 103 cm³/mol. The molecule has 3 rings (SSSR count). The van der Waals surface area contributed by atoms with Crippen molar-refractivity contribution in [3.8, 4) is 5.75 Å². The average Bonchev–Trinajstić information content (AvgIpc) is 3.10. The quantitative estimate of drug-likeness (QED) is 0.740. The van der Waals surface area contributed by atoms with Crippen LogP contribution in [0.5, 0.6) is 5.75 Å². The molecule has 0 aliphatic rings. The van der Waals surface area contributed by atoms with Gasteiger partial charge < -0.3 is 14.6 Å². The standard InChI is InChI=1S/C20H26N4O2/c1-6-17-13(2)22-24(14(17)3)10-9-21-20(25)19-12-15-11-16(26-5)7-8-18(15)23(19)4/h7-8,11-12H,6,9-10H2,1-5H3,(H,21,25). The number of hydrogen-bond donors (Lipinski definition) is 1. The third-order valence-electron chi connectivity index (χ3n) is 4.98. The molecule has 0 radical (unpaired) electrons. The first-order valence-electron chi connectivity index (χ1n) is 8.90. The smallest absolute Gasteiger partial charge is 0.267 e. The number of amides is 1. The van der Waals surface area contributed by atoms with E-state index in [-0.39, 0.29) is 5.91 Å². The zero-order valence-electron chi connectivity index (χ0n) is 16.1. The van der Waals surface area contributed by atoms with Crippen LogP contribution in [-0.4, -0.2) is 33.9 Å². The molecule has 0 bridgehead atoms. The Morgan fingerprint density at radius 1 is 1.27 bits per heavy atom. The van der Waals surface area contributed by atoms with Crippen LogP contribution in [0.3, 0.4) is 0 Å². The third-order valence-corrected chi connectivity index (χ3v) is 4.98. The van der Waals surface area contributed by atoms with Crippen molar-refractivity contribution in [1.82, 2.24) is 19.7 Å². The maximum absolute atomic E-state index is 12.6. The van der Waals surface area contributed by atoms with E-state index in [0.717, 1.165) is 28.8 Å². The van der Waals surface area contributed by atoms with Crippen molar-refractivity contribution in [1.29, 1.82) is 0 Å². The zero-order chi connectivity index (χ0) is 18.8. The lowest BCUT2D eigenvalue weighted by Crippen LogP contribution is -2.29. The third kappa shape index (κ3) is 3.19. The van der Waals surface area contributed by atoms with Crippen LogP contribution < -0.4 is 10.1 Å². The summed E-state index contributed by atoms with van der Waals surface area (Å²) in [5.74, 6) is 0.700. The number of rotatable bonds is 6. The summed E-state index contributed by atoms with van der Waals surface area (Å²) in [6, 6.07) is 7.70. The maximum Gasteiger partial charge on any atom is 0.267 e. The van der Waals surface area contributed by atoms with E-state index < -0.39 is 0 Å². The topological polar surface area (TPSA) is 61.1 Å². The minimum absolute atomic E-state index is 0.0834.